The molecule has 33 heavy (non-hydrogen) atoms. The number of methoxy groups -OCH3 is 1. The van der Waals surface area contributed by atoms with E-state index < -0.39 is 0 Å². The van der Waals surface area contributed by atoms with Crippen LogP contribution in [0.2, 0.25) is 5.02 Å². The molecule has 0 aliphatic rings. The van der Waals surface area contributed by atoms with Crippen molar-refractivity contribution in [2.75, 3.05) is 12.9 Å². The highest BCUT2D eigenvalue weighted by Gasteiger charge is 2.08. The van der Waals surface area contributed by atoms with Gasteiger partial charge in [-0.25, -0.2) is 10.4 Å². The Morgan fingerprint density at radius 3 is 2.76 bits per heavy atom. The highest BCUT2D eigenvalue weighted by Crippen LogP contribution is 2.30. The van der Waals surface area contributed by atoms with Crippen LogP contribution in [0.15, 0.2) is 76.2 Å². The number of thioether (sulfide) groups is 1. The maximum atomic E-state index is 12.1. The van der Waals surface area contributed by atoms with Gasteiger partial charge >= 0.3 is 0 Å². The number of rotatable bonds is 9. The molecule has 0 unspecified atom stereocenters. The van der Waals surface area contributed by atoms with E-state index >= 15 is 0 Å². The Labute approximate surface area is 204 Å². The summed E-state index contributed by atoms with van der Waals surface area (Å²) in [5, 5.41) is 4.73. The third-order valence-corrected chi connectivity index (χ3v) is 6.93. The lowest BCUT2D eigenvalue weighted by molar-refractivity contribution is -0.118. The van der Waals surface area contributed by atoms with Gasteiger partial charge in [0, 0.05) is 5.02 Å². The zero-order chi connectivity index (χ0) is 23.0. The number of carbonyl (C=O) groups excluding carboxylic acids is 1. The van der Waals surface area contributed by atoms with Crippen LogP contribution in [0.25, 0.3) is 10.2 Å². The number of amides is 1. The molecule has 1 N–H and O–H groups in total. The molecule has 0 aliphatic heterocycles. The third kappa shape index (κ3) is 6.47. The second kappa shape index (κ2) is 11.2. The van der Waals surface area contributed by atoms with Crippen LogP contribution in [-0.4, -0.2) is 30.0 Å². The SMILES string of the molecule is COc1ccc(/C=N\NC(=O)CSc2nc3ccccc3s2)cc1OCc1ccc(Cl)cc1. The highest BCUT2D eigenvalue weighted by molar-refractivity contribution is 8.01. The van der Waals surface area contributed by atoms with Crippen molar-refractivity contribution < 1.29 is 14.3 Å². The Morgan fingerprint density at radius 1 is 1.15 bits per heavy atom. The fraction of sp³-hybridized carbons (Fsp3) is 0.125. The molecule has 4 aromatic rings. The zero-order valence-corrected chi connectivity index (χ0v) is 20.0. The molecule has 0 saturated heterocycles. The maximum absolute atomic E-state index is 12.1. The fourth-order valence-corrected chi connectivity index (χ4v) is 4.87. The van der Waals surface area contributed by atoms with Crippen LogP contribution in [-0.2, 0) is 11.4 Å². The first-order valence-electron chi connectivity index (χ1n) is 9.96. The van der Waals surface area contributed by atoms with Gasteiger partial charge in [-0.15, -0.1) is 11.3 Å². The van der Waals surface area contributed by atoms with E-state index in [0.717, 1.165) is 25.7 Å². The molecular formula is C24H20ClN3O3S2. The summed E-state index contributed by atoms with van der Waals surface area (Å²) < 4.78 is 13.2. The first kappa shape index (κ1) is 23.1. The molecule has 0 atom stereocenters. The monoisotopic (exact) mass is 497 g/mol. The molecule has 0 saturated carbocycles. The molecule has 3 aromatic carbocycles. The van der Waals surface area contributed by atoms with E-state index in [4.69, 9.17) is 21.1 Å². The van der Waals surface area contributed by atoms with E-state index in [1.807, 2.05) is 54.6 Å². The predicted octanol–water partition coefficient (Wildman–Crippen LogP) is 5.78. The van der Waals surface area contributed by atoms with Gasteiger partial charge in [0.05, 0.1) is 29.3 Å². The van der Waals surface area contributed by atoms with Gasteiger partial charge in [-0.2, -0.15) is 5.10 Å². The lowest BCUT2D eigenvalue weighted by Crippen LogP contribution is -2.19. The molecular weight excluding hydrogens is 478 g/mol. The summed E-state index contributed by atoms with van der Waals surface area (Å²) in [5.74, 6) is 1.21. The van der Waals surface area contributed by atoms with Crippen molar-refractivity contribution in [1.29, 1.82) is 0 Å². The van der Waals surface area contributed by atoms with Crippen molar-refractivity contribution in [1.82, 2.24) is 10.4 Å². The van der Waals surface area contributed by atoms with E-state index in [1.54, 1.807) is 36.8 Å². The van der Waals surface area contributed by atoms with Gasteiger partial charge in [0.15, 0.2) is 15.8 Å². The van der Waals surface area contributed by atoms with Crippen LogP contribution in [0.4, 0.5) is 0 Å². The summed E-state index contributed by atoms with van der Waals surface area (Å²) in [6, 6.07) is 20.8. The van der Waals surface area contributed by atoms with Gasteiger partial charge in [-0.1, -0.05) is 47.6 Å². The van der Waals surface area contributed by atoms with Crippen molar-refractivity contribution in [3.63, 3.8) is 0 Å². The standard InChI is InChI=1S/C24H20ClN3O3S2/c1-30-20-11-8-17(12-21(20)31-14-16-6-9-18(25)10-7-16)13-26-28-23(29)15-32-24-27-19-4-2-3-5-22(19)33-24/h2-13H,14-15H2,1H3,(H,28,29)/b26-13-. The number of nitrogens with zero attached hydrogens (tertiary/aromatic N) is 2. The van der Waals surface area contributed by atoms with E-state index in [-0.39, 0.29) is 11.7 Å². The Kier molecular flexibility index (Phi) is 7.83. The van der Waals surface area contributed by atoms with Crippen molar-refractivity contribution in [3.8, 4) is 11.5 Å². The normalized spacial score (nSPS) is 11.1. The van der Waals surface area contributed by atoms with Crippen molar-refractivity contribution >= 4 is 57.0 Å². The average Bonchev–Trinajstić information content (AvgIpc) is 3.26. The molecule has 4 rings (SSSR count). The fourth-order valence-electron chi connectivity index (χ4n) is 2.88. The van der Waals surface area contributed by atoms with Gasteiger partial charge < -0.3 is 9.47 Å². The van der Waals surface area contributed by atoms with Gasteiger partial charge in [0.25, 0.3) is 5.91 Å². The number of aromatic nitrogens is 1. The van der Waals surface area contributed by atoms with E-state index in [0.29, 0.717) is 23.1 Å². The first-order chi connectivity index (χ1) is 16.1. The number of fused-ring (bicyclic) bond motifs is 1. The number of benzene rings is 3. The second-order valence-electron chi connectivity index (χ2n) is 6.85. The van der Waals surface area contributed by atoms with Gasteiger partial charge in [0.1, 0.15) is 6.61 Å². The molecule has 168 valence electrons. The van der Waals surface area contributed by atoms with Gasteiger partial charge in [-0.05, 0) is 53.6 Å². The summed E-state index contributed by atoms with van der Waals surface area (Å²) in [4.78, 5) is 16.7. The van der Waals surface area contributed by atoms with E-state index in [2.05, 4.69) is 15.5 Å². The lowest BCUT2D eigenvalue weighted by Gasteiger charge is -2.11. The Bertz CT molecular complexity index is 1240. The van der Waals surface area contributed by atoms with Crippen LogP contribution < -0.4 is 14.9 Å². The number of hydrogen-bond donors (Lipinski definition) is 1. The van der Waals surface area contributed by atoms with E-state index in [1.165, 1.54) is 11.8 Å². The van der Waals surface area contributed by atoms with Crippen LogP contribution in [0.5, 0.6) is 11.5 Å². The molecule has 0 spiro atoms. The molecule has 0 aliphatic carbocycles. The number of ether oxygens (including phenoxy) is 2. The molecule has 0 fully saturated rings. The van der Waals surface area contributed by atoms with Crippen LogP contribution in [0.1, 0.15) is 11.1 Å². The number of carbonyl (C=O) groups is 1. The Balaban J connectivity index is 1.31. The van der Waals surface area contributed by atoms with Crippen molar-refractivity contribution in [3.05, 3.63) is 82.9 Å². The third-order valence-electron chi connectivity index (χ3n) is 4.50. The smallest absolute Gasteiger partial charge is 0.250 e. The first-order valence-corrected chi connectivity index (χ1v) is 12.1. The molecule has 1 amide bonds. The Morgan fingerprint density at radius 2 is 1.97 bits per heavy atom. The average molecular weight is 498 g/mol. The summed E-state index contributed by atoms with van der Waals surface area (Å²) in [6.45, 7) is 0.369. The van der Waals surface area contributed by atoms with Gasteiger partial charge in [0.2, 0.25) is 0 Å². The van der Waals surface area contributed by atoms with Crippen LogP contribution in [0, 0.1) is 0 Å². The predicted molar refractivity (Wildman–Crippen MR) is 135 cm³/mol. The minimum Gasteiger partial charge on any atom is -0.493 e. The molecule has 0 radical (unpaired) electrons. The molecule has 9 heteroatoms. The number of hydrazone groups is 1. The van der Waals surface area contributed by atoms with E-state index in [9.17, 15) is 4.79 Å². The number of halogens is 1. The maximum Gasteiger partial charge on any atom is 0.250 e. The zero-order valence-electron chi connectivity index (χ0n) is 17.7. The number of thiazole rings is 1. The van der Waals surface area contributed by atoms with Crippen LogP contribution in [0.3, 0.4) is 0 Å². The largest absolute Gasteiger partial charge is 0.493 e. The summed E-state index contributed by atoms with van der Waals surface area (Å²) in [6.07, 6.45) is 1.56. The lowest BCUT2D eigenvalue weighted by atomic mass is 10.2. The highest BCUT2D eigenvalue weighted by atomic mass is 35.5. The minimum absolute atomic E-state index is 0.205. The summed E-state index contributed by atoms with van der Waals surface area (Å²) >= 11 is 8.89. The molecule has 6 nitrogen and oxygen atoms in total. The number of nitrogens with one attached hydrogen (secondary N) is 1. The number of para-hydroxylation sites is 1. The molecule has 1 aromatic heterocycles. The second-order valence-corrected chi connectivity index (χ2v) is 9.54. The van der Waals surface area contributed by atoms with Crippen molar-refractivity contribution in [2.24, 2.45) is 5.10 Å². The van der Waals surface area contributed by atoms with Crippen molar-refractivity contribution in [2.45, 2.75) is 10.9 Å². The van der Waals surface area contributed by atoms with Crippen LogP contribution >= 0.6 is 34.7 Å². The molecule has 1 heterocycles. The van der Waals surface area contributed by atoms with Gasteiger partial charge in [-0.3, -0.25) is 4.79 Å². The topological polar surface area (TPSA) is 72.8 Å². The minimum atomic E-state index is -0.205. The summed E-state index contributed by atoms with van der Waals surface area (Å²) in [7, 11) is 1.58. The number of hydrogen-bond acceptors (Lipinski definition) is 7. The summed E-state index contributed by atoms with van der Waals surface area (Å²) in [5.41, 5.74) is 5.24. The molecule has 0 bridgehead atoms. The quantitative estimate of drug-likeness (QED) is 0.180. The Hall–Kier alpha value is -3.07.